The monoisotopic (exact) mass is 328 g/mol. The molecular formula is C15H14ClFO3S. The number of carboxylic acids is 1. The Morgan fingerprint density at radius 2 is 2.24 bits per heavy atom. The standard InChI is InChI=1S/C15H14ClFO3S/c1-2-4-9-7-13(14(21-9)15(18)19)20-8-10-11(16)5-3-6-12(10)17/h3,5-7H,2,4,8H2,1H3,(H,18,19). The zero-order chi connectivity index (χ0) is 15.4. The van der Waals surface area contributed by atoms with Crippen molar-refractivity contribution in [1.82, 2.24) is 0 Å². The van der Waals surface area contributed by atoms with Gasteiger partial charge in [0, 0.05) is 10.4 Å². The molecule has 3 nitrogen and oxygen atoms in total. The van der Waals surface area contributed by atoms with E-state index in [0.717, 1.165) is 17.7 Å². The van der Waals surface area contributed by atoms with Crippen LogP contribution in [0, 0.1) is 5.82 Å². The van der Waals surface area contributed by atoms with Gasteiger partial charge in [-0.2, -0.15) is 0 Å². The van der Waals surface area contributed by atoms with E-state index in [1.807, 2.05) is 6.92 Å². The molecule has 0 unspecified atom stereocenters. The summed E-state index contributed by atoms with van der Waals surface area (Å²) >= 11 is 7.10. The molecule has 2 aromatic rings. The molecule has 0 spiro atoms. The van der Waals surface area contributed by atoms with Crippen LogP contribution >= 0.6 is 22.9 Å². The summed E-state index contributed by atoms with van der Waals surface area (Å²) in [6.07, 6.45) is 1.70. The van der Waals surface area contributed by atoms with E-state index in [0.29, 0.717) is 0 Å². The Labute approximate surface area is 130 Å². The molecule has 0 atom stereocenters. The molecule has 0 fully saturated rings. The second-order valence-electron chi connectivity index (χ2n) is 4.45. The Hall–Kier alpha value is -1.59. The molecule has 6 heteroatoms. The molecule has 0 saturated heterocycles. The van der Waals surface area contributed by atoms with Crippen molar-refractivity contribution in [2.75, 3.05) is 0 Å². The van der Waals surface area contributed by atoms with Crippen molar-refractivity contribution < 1.29 is 19.0 Å². The molecule has 0 amide bonds. The third-order valence-electron chi connectivity index (χ3n) is 2.87. The van der Waals surface area contributed by atoms with Crippen LogP contribution in [-0.2, 0) is 13.0 Å². The third kappa shape index (κ3) is 3.74. The van der Waals surface area contributed by atoms with Gasteiger partial charge in [-0.1, -0.05) is 31.0 Å². The maximum Gasteiger partial charge on any atom is 0.349 e. The Morgan fingerprint density at radius 3 is 2.86 bits per heavy atom. The lowest BCUT2D eigenvalue weighted by Gasteiger charge is -2.08. The number of carbonyl (C=O) groups is 1. The number of ether oxygens (including phenoxy) is 1. The van der Waals surface area contributed by atoms with Crippen LogP contribution in [0.5, 0.6) is 5.75 Å². The van der Waals surface area contributed by atoms with E-state index in [1.165, 1.54) is 23.5 Å². The Bertz CT molecular complexity index is 634. The van der Waals surface area contributed by atoms with Crippen molar-refractivity contribution in [2.24, 2.45) is 0 Å². The maximum atomic E-state index is 13.7. The van der Waals surface area contributed by atoms with Gasteiger partial charge in [-0.3, -0.25) is 0 Å². The van der Waals surface area contributed by atoms with Crippen LogP contribution in [0.15, 0.2) is 24.3 Å². The summed E-state index contributed by atoms with van der Waals surface area (Å²) in [5.41, 5.74) is 0.221. The topological polar surface area (TPSA) is 46.5 Å². The molecule has 1 heterocycles. The molecule has 0 saturated carbocycles. The van der Waals surface area contributed by atoms with E-state index in [9.17, 15) is 14.3 Å². The number of thiophene rings is 1. The molecule has 1 aromatic heterocycles. The first-order chi connectivity index (χ1) is 10.0. The lowest BCUT2D eigenvalue weighted by atomic mass is 10.2. The van der Waals surface area contributed by atoms with E-state index >= 15 is 0 Å². The number of hydrogen-bond acceptors (Lipinski definition) is 3. The minimum Gasteiger partial charge on any atom is -0.487 e. The summed E-state index contributed by atoms with van der Waals surface area (Å²) in [6.45, 7) is 1.91. The molecule has 0 radical (unpaired) electrons. The van der Waals surface area contributed by atoms with Crippen molar-refractivity contribution in [2.45, 2.75) is 26.4 Å². The van der Waals surface area contributed by atoms with Crippen molar-refractivity contribution in [3.63, 3.8) is 0 Å². The normalized spacial score (nSPS) is 10.6. The van der Waals surface area contributed by atoms with E-state index in [1.54, 1.807) is 12.1 Å². The lowest BCUT2D eigenvalue weighted by molar-refractivity contribution is 0.0697. The fraction of sp³-hybridized carbons (Fsp3) is 0.267. The molecule has 0 bridgehead atoms. The number of benzene rings is 1. The van der Waals surface area contributed by atoms with Crippen LogP contribution in [-0.4, -0.2) is 11.1 Å². The van der Waals surface area contributed by atoms with E-state index in [4.69, 9.17) is 16.3 Å². The average molecular weight is 329 g/mol. The maximum absolute atomic E-state index is 13.7. The van der Waals surface area contributed by atoms with Gasteiger partial charge in [0.25, 0.3) is 0 Å². The fourth-order valence-corrected chi connectivity index (χ4v) is 3.13. The Morgan fingerprint density at radius 1 is 1.48 bits per heavy atom. The molecule has 21 heavy (non-hydrogen) atoms. The predicted molar refractivity (Wildman–Crippen MR) is 81.0 cm³/mol. The summed E-state index contributed by atoms with van der Waals surface area (Å²) in [5.74, 6) is -1.25. The van der Waals surface area contributed by atoms with Crippen molar-refractivity contribution in [1.29, 1.82) is 0 Å². The van der Waals surface area contributed by atoms with Crippen LogP contribution in [0.2, 0.25) is 5.02 Å². The zero-order valence-electron chi connectivity index (χ0n) is 11.4. The molecule has 0 aliphatic carbocycles. The van der Waals surface area contributed by atoms with Gasteiger partial charge in [0.15, 0.2) is 4.88 Å². The van der Waals surface area contributed by atoms with Crippen LogP contribution in [0.4, 0.5) is 4.39 Å². The first-order valence-corrected chi connectivity index (χ1v) is 7.64. The van der Waals surface area contributed by atoms with E-state index in [-0.39, 0.29) is 27.8 Å². The number of halogens is 2. The van der Waals surface area contributed by atoms with E-state index < -0.39 is 11.8 Å². The molecule has 1 N–H and O–H groups in total. The number of aryl methyl sites for hydroxylation is 1. The quantitative estimate of drug-likeness (QED) is 0.830. The van der Waals surface area contributed by atoms with Crippen LogP contribution < -0.4 is 4.74 Å². The lowest BCUT2D eigenvalue weighted by Crippen LogP contribution is -2.02. The average Bonchev–Trinajstić information content (AvgIpc) is 2.82. The number of aromatic carboxylic acids is 1. The highest BCUT2D eigenvalue weighted by atomic mass is 35.5. The highest BCUT2D eigenvalue weighted by molar-refractivity contribution is 7.14. The minimum atomic E-state index is -1.04. The second kappa shape index (κ2) is 6.91. The number of carboxylic acid groups (broad SMARTS) is 1. The summed E-state index contributed by atoms with van der Waals surface area (Å²) in [4.78, 5) is 12.3. The van der Waals surface area contributed by atoms with Crippen molar-refractivity contribution in [3.8, 4) is 5.75 Å². The van der Waals surface area contributed by atoms with Gasteiger partial charge < -0.3 is 9.84 Å². The first-order valence-electron chi connectivity index (χ1n) is 6.44. The van der Waals surface area contributed by atoms with Crippen LogP contribution in [0.3, 0.4) is 0 Å². The SMILES string of the molecule is CCCc1cc(OCc2c(F)cccc2Cl)c(C(=O)O)s1. The predicted octanol–water partition coefficient (Wildman–Crippen LogP) is 4.77. The van der Waals surface area contributed by atoms with E-state index in [2.05, 4.69) is 0 Å². The first kappa shape index (κ1) is 15.8. The zero-order valence-corrected chi connectivity index (χ0v) is 12.9. The smallest absolute Gasteiger partial charge is 0.349 e. The third-order valence-corrected chi connectivity index (χ3v) is 4.39. The molecule has 1 aromatic carbocycles. The molecule has 2 rings (SSSR count). The number of rotatable bonds is 6. The highest BCUT2D eigenvalue weighted by Crippen LogP contribution is 2.31. The minimum absolute atomic E-state index is 0.103. The van der Waals surface area contributed by atoms with Gasteiger partial charge in [0.05, 0.1) is 5.02 Å². The molecule has 112 valence electrons. The van der Waals surface area contributed by atoms with Crippen molar-refractivity contribution in [3.05, 3.63) is 50.4 Å². The van der Waals surface area contributed by atoms with Gasteiger partial charge >= 0.3 is 5.97 Å². The highest BCUT2D eigenvalue weighted by Gasteiger charge is 2.17. The molecule has 0 aliphatic rings. The summed E-state index contributed by atoms with van der Waals surface area (Å²) in [5, 5.41) is 9.44. The van der Waals surface area contributed by atoms with Gasteiger partial charge in [0.1, 0.15) is 18.2 Å². The van der Waals surface area contributed by atoms with Gasteiger partial charge in [-0.05, 0) is 24.6 Å². The summed E-state index contributed by atoms with van der Waals surface area (Å²) in [7, 11) is 0. The Kier molecular flexibility index (Phi) is 5.20. The van der Waals surface area contributed by atoms with Gasteiger partial charge in [0.2, 0.25) is 0 Å². The molecule has 0 aliphatic heterocycles. The van der Waals surface area contributed by atoms with Gasteiger partial charge in [-0.25, -0.2) is 9.18 Å². The second-order valence-corrected chi connectivity index (χ2v) is 5.99. The summed E-state index contributed by atoms with van der Waals surface area (Å²) < 4.78 is 19.1. The van der Waals surface area contributed by atoms with Crippen molar-refractivity contribution >= 4 is 28.9 Å². The summed E-state index contributed by atoms with van der Waals surface area (Å²) in [6, 6.07) is 6.07. The largest absolute Gasteiger partial charge is 0.487 e. The molecular weight excluding hydrogens is 315 g/mol. The fourth-order valence-electron chi connectivity index (χ4n) is 1.87. The Balaban J connectivity index is 2.21. The van der Waals surface area contributed by atoms with Crippen LogP contribution in [0.25, 0.3) is 0 Å². The van der Waals surface area contributed by atoms with Gasteiger partial charge in [-0.15, -0.1) is 11.3 Å². The van der Waals surface area contributed by atoms with Crippen LogP contribution in [0.1, 0.15) is 33.5 Å². The number of hydrogen-bond donors (Lipinski definition) is 1.